The second-order valence-corrected chi connectivity index (χ2v) is 6.84. The maximum absolute atomic E-state index is 5.87. The van der Waals surface area contributed by atoms with Crippen molar-refractivity contribution < 1.29 is 0 Å². The third-order valence-electron chi connectivity index (χ3n) is 3.94. The van der Waals surface area contributed by atoms with E-state index in [4.69, 9.17) is 5.73 Å². The molecule has 0 aliphatic rings. The van der Waals surface area contributed by atoms with Gasteiger partial charge in [0.05, 0.1) is 0 Å². The summed E-state index contributed by atoms with van der Waals surface area (Å²) >= 11 is 0. The van der Waals surface area contributed by atoms with Gasteiger partial charge in [-0.1, -0.05) is 52.8 Å². The molecular formula is C17H29N. The van der Waals surface area contributed by atoms with Crippen LogP contribution in [0.3, 0.4) is 0 Å². The zero-order chi connectivity index (χ0) is 13.9. The summed E-state index contributed by atoms with van der Waals surface area (Å²) in [6.07, 6.45) is 1.10. The van der Waals surface area contributed by atoms with E-state index in [2.05, 4.69) is 59.7 Å². The number of nitrogens with two attached hydrogens (primary N) is 1. The summed E-state index contributed by atoms with van der Waals surface area (Å²) in [4.78, 5) is 0. The van der Waals surface area contributed by atoms with Gasteiger partial charge in [0.1, 0.15) is 0 Å². The van der Waals surface area contributed by atoms with Crippen LogP contribution >= 0.6 is 0 Å². The van der Waals surface area contributed by atoms with E-state index in [0.29, 0.717) is 11.8 Å². The second kappa shape index (κ2) is 5.88. The maximum Gasteiger partial charge on any atom is -0.00432 e. The highest BCUT2D eigenvalue weighted by molar-refractivity contribution is 5.34. The fourth-order valence-electron chi connectivity index (χ4n) is 2.27. The van der Waals surface area contributed by atoms with Crippen LogP contribution in [-0.4, -0.2) is 6.54 Å². The van der Waals surface area contributed by atoms with Crippen molar-refractivity contribution in [2.75, 3.05) is 6.54 Å². The van der Waals surface area contributed by atoms with E-state index in [0.717, 1.165) is 13.0 Å². The van der Waals surface area contributed by atoms with Crippen molar-refractivity contribution in [2.45, 2.75) is 53.4 Å². The van der Waals surface area contributed by atoms with E-state index in [1.54, 1.807) is 0 Å². The predicted molar refractivity (Wildman–Crippen MR) is 81.0 cm³/mol. The van der Waals surface area contributed by atoms with E-state index in [1.165, 1.54) is 16.7 Å². The highest BCUT2D eigenvalue weighted by Gasteiger charge is 2.17. The Balaban J connectivity index is 2.93. The van der Waals surface area contributed by atoms with Crippen LogP contribution in [0.4, 0.5) is 0 Å². The van der Waals surface area contributed by atoms with Gasteiger partial charge in [0, 0.05) is 0 Å². The minimum Gasteiger partial charge on any atom is -0.330 e. The molecule has 1 rings (SSSR count). The van der Waals surface area contributed by atoms with Crippen LogP contribution < -0.4 is 5.73 Å². The summed E-state index contributed by atoms with van der Waals surface area (Å²) in [5.74, 6) is 1.24. The third kappa shape index (κ3) is 3.84. The molecule has 1 aromatic carbocycles. The number of rotatable bonds is 4. The van der Waals surface area contributed by atoms with Crippen molar-refractivity contribution in [1.82, 2.24) is 0 Å². The second-order valence-electron chi connectivity index (χ2n) is 6.84. The van der Waals surface area contributed by atoms with Crippen molar-refractivity contribution in [3.8, 4) is 0 Å². The lowest BCUT2D eigenvalue weighted by Gasteiger charge is -2.23. The Morgan fingerprint density at radius 2 is 1.78 bits per heavy atom. The smallest absolute Gasteiger partial charge is 0.00432 e. The van der Waals surface area contributed by atoms with E-state index >= 15 is 0 Å². The molecule has 102 valence electrons. The van der Waals surface area contributed by atoms with Crippen molar-refractivity contribution >= 4 is 0 Å². The molecule has 0 spiro atoms. The zero-order valence-electron chi connectivity index (χ0n) is 12.9. The van der Waals surface area contributed by atoms with Crippen LogP contribution in [0.2, 0.25) is 0 Å². The van der Waals surface area contributed by atoms with E-state index in [-0.39, 0.29) is 5.41 Å². The van der Waals surface area contributed by atoms with Gasteiger partial charge in [0.2, 0.25) is 0 Å². The lowest BCUT2D eigenvalue weighted by molar-refractivity contribution is 0.391. The van der Waals surface area contributed by atoms with Crippen LogP contribution in [0.15, 0.2) is 18.2 Å². The van der Waals surface area contributed by atoms with Crippen LogP contribution in [0.5, 0.6) is 0 Å². The van der Waals surface area contributed by atoms with Crippen molar-refractivity contribution in [2.24, 2.45) is 17.6 Å². The van der Waals surface area contributed by atoms with Crippen LogP contribution in [0.25, 0.3) is 0 Å². The quantitative estimate of drug-likeness (QED) is 0.853. The monoisotopic (exact) mass is 247 g/mol. The first-order valence-corrected chi connectivity index (χ1v) is 7.05. The molecule has 18 heavy (non-hydrogen) atoms. The van der Waals surface area contributed by atoms with Crippen LogP contribution in [0, 0.1) is 18.8 Å². The van der Waals surface area contributed by atoms with Gasteiger partial charge >= 0.3 is 0 Å². The SMILES string of the molecule is Cc1cc(C(C)(C)C)ccc1CC(CN)C(C)C. The molecule has 0 aromatic heterocycles. The molecule has 0 aliphatic carbocycles. The summed E-state index contributed by atoms with van der Waals surface area (Å²) in [5, 5.41) is 0. The molecule has 1 heteroatoms. The van der Waals surface area contributed by atoms with Gasteiger partial charge in [-0.05, 0) is 53.8 Å². The molecule has 0 saturated carbocycles. The fraction of sp³-hybridized carbons (Fsp3) is 0.647. The average Bonchev–Trinajstić information content (AvgIpc) is 2.25. The molecule has 0 radical (unpaired) electrons. The molecule has 1 unspecified atom stereocenters. The largest absolute Gasteiger partial charge is 0.330 e. The Labute approximate surface area is 113 Å². The normalized spacial score (nSPS) is 14.0. The molecule has 0 aliphatic heterocycles. The van der Waals surface area contributed by atoms with Gasteiger partial charge in [0.15, 0.2) is 0 Å². The first-order chi connectivity index (χ1) is 8.25. The number of aryl methyl sites for hydroxylation is 1. The molecule has 0 bridgehead atoms. The first kappa shape index (κ1) is 15.2. The minimum absolute atomic E-state index is 0.231. The minimum atomic E-state index is 0.231. The molecule has 0 saturated heterocycles. The Morgan fingerprint density at radius 1 is 1.17 bits per heavy atom. The summed E-state index contributed by atoms with van der Waals surface area (Å²) in [6, 6.07) is 6.90. The summed E-state index contributed by atoms with van der Waals surface area (Å²) in [5.41, 5.74) is 10.4. The van der Waals surface area contributed by atoms with Gasteiger partial charge < -0.3 is 5.73 Å². The van der Waals surface area contributed by atoms with E-state index < -0.39 is 0 Å². The highest BCUT2D eigenvalue weighted by Crippen LogP contribution is 2.26. The lowest BCUT2D eigenvalue weighted by Crippen LogP contribution is -2.22. The lowest BCUT2D eigenvalue weighted by atomic mass is 9.83. The summed E-state index contributed by atoms with van der Waals surface area (Å²) in [6.45, 7) is 14.3. The average molecular weight is 247 g/mol. The first-order valence-electron chi connectivity index (χ1n) is 7.05. The van der Waals surface area contributed by atoms with Gasteiger partial charge in [-0.3, -0.25) is 0 Å². The number of benzene rings is 1. The van der Waals surface area contributed by atoms with Gasteiger partial charge in [-0.25, -0.2) is 0 Å². The van der Waals surface area contributed by atoms with Gasteiger partial charge in [-0.15, -0.1) is 0 Å². The Bertz CT molecular complexity index is 385. The molecule has 0 heterocycles. The topological polar surface area (TPSA) is 26.0 Å². The number of hydrogen-bond acceptors (Lipinski definition) is 1. The van der Waals surface area contributed by atoms with E-state index in [1.807, 2.05) is 0 Å². The molecule has 0 fully saturated rings. The molecular weight excluding hydrogens is 218 g/mol. The van der Waals surface area contributed by atoms with Gasteiger partial charge in [-0.2, -0.15) is 0 Å². The van der Waals surface area contributed by atoms with Crippen molar-refractivity contribution in [3.05, 3.63) is 34.9 Å². The third-order valence-corrected chi connectivity index (χ3v) is 3.94. The maximum atomic E-state index is 5.87. The summed E-state index contributed by atoms with van der Waals surface area (Å²) in [7, 11) is 0. The predicted octanol–water partition coefficient (Wildman–Crippen LogP) is 4.07. The van der Waals surface area contributed by atoms with Crippen LogP contribution in [-0.2, 0) is 11.8 Å². The fourth-order valence-corrected chi connectivity index (χ4v) is 2.27. The van der Waals surface area contributed by atoms with Crippen molar-refractivity contribution in [1.29, 1.82) is 0 Å². The van der Waals surface area contributed by atoms with E-state index in [9.17, 15) is 0 Å². The number of hydrogen-bond donors (Lipinski definition) is 1. The Hall–Kier alpha value is -0.820. The molecule has 2 N–H and O–H groups in total. The Kier molecular flexibility index (Phi) is 4.98. The van der Waals surface area contributed by atoms with Crippen molar-refractivity contribution in [3.63, 3.8) is 0 Å². The molecule has 1 aromatic rings. The Morgan fingerprint density at radius 3 is 2.17 bits per heavy atom. The highest BCUT2D eigenvalue weighted by atomic mass is 14.5. The zero-order valence-corrected chi connectivity index (χ0v) is 12.9. The van der Waals surface area contributed by atoms with Gasteiger partial charge in [0.25, 0.3) is 0 Å². The standard InChI is InChI=1S/C17H29N/c1-12(2)15(11-18)10-14-7-8-16(9-13(14)3)17(4,5)6/h7-9,12,15H,10-11,18H2,1-6H3. The molecule has 1 atom stereocenters. The molecule has 0 amide bonds. The molecule has 1 nitrogen and oxygen atoms in total. The summed E-state index contributed by atoms with van der Waals surface area (Å²) < 4.78 is 0. The van der Waals surface area contributed by atoms with Crippen LogP contribution in [0.1, 0.15) is 51.3 Å².